The van der Waals surface area contributed by atoms with Crippen LogP contribution in [0.4, 0.5) is 0 Å². The number of benzene rings is 2. The van der Waals surface area contributed by atoms with Crippen LogP contribution < -0.4 is 5.73 Å². The zero-order valence-corrected chi connectivity index (χ0v) is 14.7. The highest BCUT2D eigenvalue weighted by atomic mass is 16.1. The van der Waals surface area contributed by atoms with Crippen LogP contribution in [0.3, 0.4) is 0 Å². The summed E-state index contributed by atoms with van der Waals surface area (Å²) in [4.78, 5) is 14.1. The Hall–Kier alpha value is -2.13. The maximum absolute atomic E-state index is 11.4. The first-order chi connectivity index (χ1) is 12.2. The number of fused-ring (bicyclic) bond motifs is 1. The van der Waals surface area contributed by atoms with Crippen LogP contribution in [0.1, 0.15) is 53.6 Å². The number of nitrogens with zero attached hydrogens (tertiary/aromatic N) is 1. The second-order valence-electron chi connectivity index (χ2n) is 7.44. The van der Waals surface area contributed by atoms with Gasteiger partial charge < -0.3 is 5.73 Å². The van der Waals surface area contributed by atoms with Crippen molar-refractivity contribution in [1.82, 2.24) is 4.90 Å². The summed E-state index contributed by atoms with van der Waals surface area (Å²) in [5, 5.41) is 0. The minimum atomic E-state index is -0.372. The van der Waals surface area contributed by atoms with E-state index in [0.29, 0.717) is 5.56 Å². The van der Waals surface area contributed by atoms with Gasteiger partial charge >= 0.3 is 0 Å². The standard InChI is InChI=1S/C22H26N2O/c23-22(25)19-6-4-5-16(14-19)17-9-10-20-15-24(12-11-18(20)13-17)21-7-2-1-3-8-21/h4-6,9-10,13-14,21H,1-3,7-8,11-12,15H2,(H2,23,25). The number of nitrogens with two attached hydrogens (primary N) is 1. The molecule has 3 nitrogen and oxygen atoms in total. The highest BCUT2D eigenvalue weighted by Crippen LogP contribution is 2.30. The molecule has 1 amide bonds. The van der Waals surface area contributed by atoms with Crippen LogP contribution in [0.25, 0.3) is 11.1 Å². The van der Waals surface area contributed by atoms with Gasteiger partial charge in [-0.2, -0.15) is 0 Å². The number of carbonyl (C=O) groups excluding carboxylic acids is 1. The predicted molar refractivity (Wildman–Crippen MR) is 101 cm³/mol. The molecule has 2 N–H and O–H groups in total. The summed E-state index contributed by atoms with van der Waals surface area (Å²) in [6, 6.07) is 15.2. The zero-order valence-electron chi connectivity index (χ0n) is 14.7. The molecular formula is C22H26N2O. The van der Waals surface area contributed by atoms with Crippen molar-refractivity contribution < 1.29 is 4.79 Å². The minimum absolute atomic E-state index is 0.372. The second kappa shape index (κ2) is 7.01. The Bertz CT molecular complexity index is 777. The van der Waals surface area contributed by atoms with E-state index < -0.39 is 0 Å². The highest BCUT2D eigenvalue weighted by Gasteiger charge is 2.25. The monoisotopic (exact) mass is 334 g/mol. The van der Waals surface area contributed by atoms with Gasteiger partial charge in [0.15, 0.2) is 0 Å². The van der Waals surface area contributed by atoms with Crippen molar-refractivity contribution in [1.29, 1.82) is 0 Å². The molecule has 0 unspecified atom stereocenters. The van der Waals surface area contributed by atoms with Gasteiger partial charge in [-0.05, 0) is 53.6 Å². The third kappa shape index (κ3) is 3.47. The maximum atomic E-state index is 11.4. The van der Waals surface area contributed by atoms with Crippen molar-refractivity contribution in [2.45, 2.75) is 51.1 Å². The molecule has 0 saturated heterocycles. The average Bonchev–Trinajstić information content (AvgIpc) is 2.68. The Labute approximate surface area is 149 Å². The quantitative estimate of drug-likeness (QED) is 0.917. The Morgan fingerprint density at radius 2 is 1.76 bits per heavy atom. The number of hydrogen-bond donors (Lipinski definition) is 1. The van der Waals surface area contributed by atoms with Crippen LogP contribution >= 0.6 is 0 Å². The molecule has 0 atom stereocenters. The molecule has 4 rings (SSSR count). The molecule has 3 heteroatoms. The number of carbonyl (C=O) groups is 1. The maximum Gasteiger partial charge on any atom is 0.248 e. The van der Waals surface area contributed by atoms with Crippen molar-refractivity contribution in [3.8, 4) is 11.1 Å². The van der Waals surface area contributed by atoms with Gasteiger partial charge in [-0.15, -0.1) is 0 Å². The van der Waals surface area contributed by atoms with Crippen molar-refractivity contribution >= 4 is 5.91 Å². The van der Waals surface area contributed by atoms with Gasteiger partial charge in [-0.3, -0.25) is 9.69 Å². The fourth-order valence-electron chi connectivity index (χ4n) is 4.36. The van der Waals surface area contributed by atoms with Gasteiger partial charge in [0.25, 0.3) is 0 Å². The fraction of sp³-hybridized carbons (Fsp3) is 0.409. The van der Waals surface area contributed by atoms with Gasteiger partial charge in [0, 0.05) is 24.7 Å². The van der Waals surface area contributed by atoms with Crippen LogP contribution in [0.15, 0.2) is 42.5 Å². The summed E-state index contributed by atoms with van der Waals surface area (Å²) in [6.07, 6.45) is 8.05. The van der Waals surface area contributed by atoms with Crippen LogP contribution in [0, 0.1) is 0 Å². The van der Waals surface area contributed by atoms with E-state index in [-0.39, 0.29) is 5.91 Å². The molecule has 0 spiro atoms. The summed E-state index contributed by atoms with van der Waals surface area (Å²) < 4.78 is 0. The fourth-order valence-corrected chi connectivity index (χ4v) is 4.36. The molecular weight excluding hydrogens is 308 g/mol. The van der Waals surface area contributed by atoms with E-state index >= 15 is 0 Å². The molecule has 0 aromatic heterocycles. The molecule has 1 aliphatic carbocycles. The third-order valence-corrected chi connectivity index (χ3v) is 5.82. The predicted octanol–water partition coefficient (Wildman–Crippen LogP) is 4.14. The van der Waals surface area contributed by atoms with E-state index in [2.05, 4.69) is 23.1 Å². The van der Waals surface area contributed by atoms with E-state index in [0.717, 1.165) is 24.6 Å². The first-order valence-corrected chi connectivity index (χ1v) is 9.47. The molecule has 2 aromatic rings. The van der Waals surface area contributed by atoms with E-state index in [9.17, 15) is 4.79 Å². The lowest BCUT2D eigenvalue weighted by atomic mass is 9.90. The Kier molecular flexibility index (Phi) is 4.58. The first kappa shape index (κ1) is 16.3. The highest BCUT2D eigenvalue weighted by molar-refractivity contribution is 5.94. The summed E-state index contributed by atoms with van der Waals surface area (Å²) in [5.74, 6) is -0.372. The molecule has 130 valence electrons. The van der Waals surface area contributed by atoms with Crippen LogP contribution in [0.2, 0.25) is 0 Å². The SMILES string of the molecule is NC(=O)c1cccc(-c2ccc3c(c2)CCN(C2CCCCC2)C3)c1. The van der Waals surface area contributed by atoms with E-state index in [1.54, 1.807) is 6.07 Å². The van der Waals surface area contributed by atoms with Crippen molar-refractivity contribution in [2.75, 3.05) is 6.54 Å². The van der Waals surface area contributed by atoms with Gasteiger partial charge in [-0.25, -0.2) is 0 Å². The smallest absolute Gasteiger partial charge is 0.248 e. The lowest BCUT2D eigenvalue weighted by Crippen LogP contribution is -2.40. The molecule has 25 heavy (non-hydrogen) atoms. The number of primary amides is 1. The first-order valence-electron chi connectivity index (χ1n) is 9.47. The van der Waals surface area contributed by atoms with Crippen LogP contribution in [-0.4, -0.2) is 23.4 Å². The Balaban J connectivity index is 1.55. The Morgan fingerprint density at radius 1 is 0.960 bits per heavy atom. The van der Waals surface area contributed by atoms with Crippen LogP contribution in [-0.2, 0) is 13.0 Å². The molecule has 1 heterocycles. The van der Waals surface area contributed by atoms with Crippen molar-refractivity contribution in [3.63, 3.8) is 0 Å². The molecule has 0 radical (unpaired) electrons. The molecule has 1 aliphatic heterocycles. The second-order valence-corrected chi connectivity index (χ2v) is 7.44. The van der Waals surface area contributed by atoms with Gasteiger partial charge in [0.1, 0.15) is 0 Å². The Morgan fingerprint density at radius 3 is 2.56 bits per heavy atom. The number of rotatable bonds is 3. The lowest BCUT2D eigenvalue weighted by molar-refractivity contribution is 0.100. The van der Waals surface area contributed by atoms with E-state index in [4.69, 9.17) is 5.73 Å². The third-order valence-electron chi connectivity index (χ3n) is 5.82. The molecule has 2 aromatic carbocycles. The minimum Gasteiger partial charge on any atom is -0.366 e. The molecule has 0 bridgehead atoms. The molecule has 1 fully saturated rings. The topological polar surface area (TPSA) is 46.3 Å². The summed E-state index contributed by atoms with van der Waals surface area (Å²) in [5.41, 5.74) is 11.1. The van der Waals surface area contributed by atoms with Crippen LogP contribution in [0.5, 0.6) is 0 Å². The van der Waals surface area contributed by atoms with E-state index in [1.807, 2.05) is 18.2 Å². The number of hydrogen-bond acceptors (Lipinski definition) is 2. The molecule has 2 aliphatic rings. The van der Waals surface area contributed by atoms with Gasteiger partial charge in [0.05, 0.1) is 0 Å². The molecule has 1 saturated carbocycles. The van der Waals surface area contributed by atoms with Crippen molar-refractivity contribution in [3.05, 3.63) is 59.2 Å². The summed E-state index contributed by atoms with van der Waals surface area (Å²) >= 11 is 0. The lowest BCUT2D eigenvalue weighted by Gasteiger charge is -2.37. The van der Waals surface area contributed by atoms with Crippen molar-refractivity contribution in [2.24, 2.45) is 5.73 Å². The summed E-state index contributed by atoms with van der Waals surface area (Å²) in [7, 11) is 0. The van der Waals surface area contributed by atoms with Gasteiger partial charge in [-0.1, -0.05) is 49.6 Å². The average molecular weight is 334 g/mol. The summed E-state index contributed by atoms with van der Waals surface area (Å²) in [6.45, 7) is 2.25. The normalized spacial score (nSPS) is 18.7. The van der Waals surface area contributed by atoms with Gasteiger partial charge in [0.2, 0.25) is 5.91 Å². The largest absolute Gasteiger partial charge is 0.366 e. The van der Waals surface area contributed by atoms with E-state index in [1.165, 1.54) is 55.3 Å². The zero-order chi connectivity index (χ0) is 17.2. The number of amides is 1.